The number of nitrogens with one attached hydrogen (secondary N) is 1. The normalized spacial score (nSPS) is 42.0. The zero-order valence-electron chi connectivity index (χ0n) is 13.4. The van der Waals surface area contributed by atoms with Crippen molar-refractivity contribution >= 4 is 5.91 Å². The zero-order valence-corrected chi connectivity index (χ0v) is 13.4. The molecule has 0 aromatic carbocycles. The Bertz CT molecular complexity index is 387. The lowest BCUT2D eigenvalue weighted by Crippen LogP contribution is -2.49. The van der Waals surface area contributed by atoms with Crippen LogP contribution in [-0.2, 0) is 4.79 Å². The minimum absolute atomic E-state index is 0.206. The molecule has 3 fully saturated rings. The first kappa shape index (κ1) is 14.4. The standard InChI is InChI=1S/C17H30N2O/c1-16(2)15(17(16,3)4)19-14(20)12-8-10-6-5-7-11(9-12)13(10)18/h10-13,15H,5-9,18H2,1-4H3,(H,19,20). The molecule has 2 unspecified atom stereocenters. The van der Waals surface area contributed by atoms with Gasteiger partial charge in [0.15, 0.2) is 0 Å². The van der Waals surface area contributed by atoms with Crippen molar-refractivity contribution in [2.24, 2.45) is 34.3 Å². The Morgan fingerprint density at radius 1 is 1.05 bits per heavy atom. The molecule has 0 aliphatic heterocycles. The molecule has 3 aliphatic rings. The monoisotopic (exact) mass is 278 g/mol. The highest BCUT2D eigenvalue weighted by Crippen LogP contribution is 2.62. The van der Waals surface area contributed by atoms with Gasteiger partial charge in [0.1, 0.15) is 0 Å². The van der Waals surface area contributed by atoms with Crippen molar-refractivity contribution in [1.82, 2.24) is 5.32 Å². The van der Waals surface area contributed by atoms with E-state index in [4.69, 9.17) is 5.73 Å². The summed E-state index contributed by atoms with van der Waals surface area (Å²) in [6.45, 7) is 9.01. The Labute approximate surface area is 123 Å². The van der Waals surface area contributed by atoms with E-state index in [1.165, 1.54) is 19.3 Å². The molecule has 0 radical (unpaired) electrons. The number of fused-ring (bicyclic) bond motifs is 2. The van der Waals surface area contributed by atoms with Gasteiger partial charge in [-0.2, -0.15) is 0 Å². The number of rotatable bonds is 2. The Balaban J connectivity index is 1.62. The number of hydrogen-bond donors (Lipinski definition) is 2. The van der Waals surface area contributed by atoms with E-state index >= 15 is 0 Å². The number of nitrogens with two attached hydrogens (primary N) is 1. The van der Waals surface area contributed by atoms with Crippen LogP contribution in [0.4, 0.5) is 0 Å². The smallest absolute Gasteiger partial charge is 0.223 e. The fourth-order valence-corrected chi connectivity index (χ4v) is 4.82. The maximum atomic E-state index is 12.6. The van der Waals surface area contributed by atoms with Crippen LogP contribution in [0.5, 0.6) is 0 Å². The van der Waals surface area contributed by atoms with Crippen molar-refractivity contribution in [3.63, 3.8) is 0 Å². The highest BCUT2D eigenvalue weighted by molar-refractivity contribution is 5.80. The third-order valence-corrected chi connectivity index (χ3v) is 7.09. The second-order valence-electron chi connectivity index (χ2n) is 8.58. The lowest BCUT2D eigenvalue weighted by atomic mass is 9.65. The van der Waals surface area contributed by atoms with Gasteiger partial charge < -0.3 is 11.1 Å². The van der Waals surface area contributed by atoms with Crippen LogP contribution in [0.25, 0.3) is 0 Å². The van der Waals surface area contributed by atoms with E-state index in [9.17, 15) is 4.79 Å². The van der Waals surface area contributed by atoms with E-state index in [0.29, 0.717) is 23.9 Å². The summed E-state index contributed by atoms with van der Waals surface area (Å²) in [6.07, 6.45) is 5.78. The van der Waals surface area contributed by atoms with Crippen LogP contribution in [0.15, 0.2) is 0 Å². The van der Waals surface area contributed by atoms with Crippen LogP contribution >= 0.6 is 0 Å². The van der Waals surface area contributed by atoms with Crippen LogP contribution < -0.4 is 11.1 Å². The molecule has 3 rings (SSSR count). The summed E-state index contributed by atoms with van der Waals surface area (Å²) in [6, 6.07) is 0.680. The highest BCUT2D eigenvalue weighted by Gasteiger charge is 2.65. The van der Waals surface area contributed by atoms with Gasteiger partial charge in [-0.15, -0.1) is 0 Å². The lowest BCUT2D eigenvalue weighted by Gasteiger charge is -2.43. The lowest BCUT2D eigenvalue weighted by molar-refractivity contribution is -0.128. The van der Waals surface area contributed by atoms with Crippen molar-refractivity contribution in [1.29, 1.82) is 0 Å². The fourth-order valence-electron chi connectivity index (χ4n) is 4.82. The summed E-state index contributed by atoms with van der Waals surface area (Å²) >= 11 is 0. The van der Waals surface area contributed by atoms with E-state index in [2.05, 4.69) is 33.0 Å². The van der Waals surface area contributed by atoms with Crippen molar-refractivity contribution < 1.29 is 4.79 Å². The molecule has 2 bridgehead atoms. The van der Waals surface area contributed by atoms with Gasteiger partial charge in [-0.25, -0.2) is 0 Å². The number of hydrogen-bond acceptors (Lipinski definition) is 2. The maximum absolute atomic E-state index is 12.6. The predicted octanol–water partition coefficient (Wildman–Crippen LogP) is 2.69. The Morgan fingerprint density at radius 3 is 2.00 bits per heavy atom. The molecular weight excluding hydrogens is 248 g/mol. The van der Waals surface area contributed by atoms with E-state index < -0.39 is 0 Å². The second-order valence-corrected chi connectivity index (χ2v) is 8.58. The quantitative estimate of drug-likeness (QED) is 0.816. The molecule has 3 aliphatic carbocycles. The average molecular weight is 278 g/mol. The van der Waals surface area contributed by atoms with Crippen LogP contribution in [0, 0.1) is 28.6 Å². The first-order chi connectivity index (χ1) is 9.25. The Kier molecular flexibility index (Phi) is 3.20. The van der Waals surface area contributed by atoms with Crippen LogP contribution in [-0.4, -0.2) is 18.0 Å². The predicted molar refractivity (Wildman–Crippen MR) is 81.0 cm³/mol. The summed E-state index contributed by atoms with van der Waals surface area (Å²) in [4.78, 5) is 12.6. The summed E-state index contributed by atoms with van der Waals surface area (Å²) < 4.78 is 0. The highest BCUT2D eigenvalue weighted by atomic mass is 16.2. The molecule has 20 heavy (non-hydrogen) atoms. The van der Waals surface area contributed by atoms with Gasteiger partial charge in [0.2, 0.25) is 5.91 Å². The SMILES string of the molecule is CC1(C)C(NC(=O)C2CC3CCCC(C2)C3N)C1(C)C. The van der Waals surface area contributed by atoms with Gasteiger partial charge in [-0.05, 0) is 48.3 Å². The fraction of sp³-hybridized carbons (Fsp3) is 0.941. The second kappa shape index (κ2) is 4.46. The summed E-state index contributed by atoms with van der Waals surface area (Å²) in [5, 5.41) is 3.33. The third-order valence-electron chi connectivity index (χ3n) is 7.09. The maximum Gasteiger partial charge on any atom is 0.223 e. The third kappa shape index (κ3) is 2.01. The van der Waals surface area contributed by atoms with Crippen molar-refractivity contribution in [2.45, 2.75) is 71.9 Å². The van der Waals surface area contributed by atoms with Crippen molar-refractivity contribution in [2.75, 3.05) is 0 Å². The van der Waals surface area contributed by atoms with Gasteiger partial charge >= 0.3 is 0 Å². The molecule has 1 amide bonds. The van der Waals surface area contributed by atoms with E-state index in [1.54, 1.807) is 0 Å². The van der Waals surface area contributed by atoms with Gasteiger partial charge in [-0.1, -0.05) is 34.1 Å². The van der Waals surface area contributed by atoms with E-state index in [-0.39, 0.29) is 22.7 Å². The number of carbonyl (C=O) groups is 1. The van der Waals surface area contributed by atoms with Crippen molar-refractivity contribution in [3.8, 4) is 0 Å². The molecule has 0 aromatic heterocycles. The van der Waals surface area contributed by atoms with Gasteiger partial charge in [-0.3, -0.25) is 4.79 Å². The molecule has 2 atom stereocenters. The van der Waals surface area contributed by atoms with Gasteiger partial charge in [0, 0.05) is 18.0 Å². The molecule has 0 aromatic rings. The zero-order chi connectivity index (χ0) is 14.7. The first-order valence-corrected chi connectivity index (χ1v) is 8.31. The number of amides is 1. The molecule has 0 saturated heterocycles. The molecule has 0 heterocycles. The van der Waals surface area contributed by atoms with Crippen LogP contribution in [0.3, 0.4) is 0 Å². The van der Waals surface area contributed by atoms with E-state index in [0.717, 1.165) is 12.8 Å². The molecule has 3 N–H and O–H groups in total. The average Bonchev–Trinajstić information content (AvgIpc) is 2.71. The summed E-state index contributed by atoms with van der Waals surface area (Å²) in [5.74, 6) is 1.66. The summed E-state index contributed by atoms with van der Waals surface area (Å²) in [5.41, 5.74) is 6.77. The minimum Gasteiger partial charge on any atom is -0.352 e. The van der Waals surface area contributed by atoms with Crippen molar-refractivity contribution in [3.05, 3.63) is 0 Å². The Hall–Kier alpha value is -0.570. The first-order valence-electron chi connectivity index (χ1n) is 8.31. The molecule has 3 saturated carbocycles. The Morgan fingerprint density at radius 2 is 1.55 bits per heavy atom. The molecule has 3 nitrogen and oxygen atoms in total. The van der Waals surface area contributed by atoms with E-state index in [1.807, 2.05) is 0 Å². The molecule has 3 heteroatoms. The minimum atomic E-state index is 0.206. The van der Waals surface area contributed by atoms with Gasteiger partial charge in [0.05, 0.1) is 0 Å². The largest absolute Gasteiger partial charge is 0.352 e. The summed E-state index contributed by atoms with van der Waals surface area (Å²) in [7, 11) is 0. The van der Waals surface area contributed by atoms with Crippen LogP contribution in [0.1, 0.15) is 59.8 Å². The number of carbonyl (C=O) groups excluding carboxylic acids is 1. The molecular formula is C17H30N2O. The topological polar surface area (TPSA) is 55.1 Å². The molecule has 114 valence electrons. The van der Waals surface area contributed by atoms with Gasteiger partial charge in [0.25, 0.3) is 0 Å². The molecule has 0 spiro atoms. The van der Waals surface area contributed by atoms with Crippen LogP contribution in [0.2, 0.25) is 0 Å².